The maximum atomic E-state index is 2.30. The zero-order valence-electron chi connectivity index (χ0n) is 9.49. The van der Waals surface area contributed by atoms with Gasteiger partial charge in [-0.3, -0.25) is 0 Å². The van der Waals surface area contributed by atoms with Gasteiger partial charge in [-0.1, -0.05) is 54.9 Å². The average Bonchev–Trinajstić information content (AvgIpc) is 1.87. The highest BCUT2D eigenvalue weighted by Crippen LogP contribution is 2.22. The quantitative estimate of drug-likeness (QED) is 0.555. The molecule has 0 heteroatoms. The Morgan fingerprint density at radius 3 is 1.45 bits per heavy atom. The Morgan fingerprint density at radius 2 is 1.36 bits per heavy atom. The Kier molecular flexibility index (Phi) is 8.26. The van der Waals surface area contributed by atoms with Crippen molar-refractivity contribution in [1.82, 2.24) is 0 Å². The highest BCUT2D eigenvalue weighted by molar-refractivity contribution is 4.61. The zero-order valence-corrected chi connectivity index (χ0v) is 9.49. The molecule has 0 aliphatic rings. The molecule has 70 valence electrons. The lowest BCUT2D eigenvalue weighted by Crippen LogP contribution is -2.05. The van der Waals surface area contributed by atoms with E-state index in [1.54, 1.807) is 0 Å². The first-order valence-corrected chi connectivity index (χ1v) is 4.92. The largest absolute Gasteiger partial charge is 0.0683 e. The molecule has 0 N–H and O–H groups in total. The Labute approximate surface area is 73.4 Å². The van der Waals surface area contributed by atoms with E-state index in [1.165, 1.54) is 12.8 Å². The molecule has 0 aromatic carbocycles. The number of rotatable bonds is 2. The van der Waals surface area contributed by atoms with Crippen molar-refractivity contribution in [2.45, 2.75) is 61.3 Å². The molecule has 0 aliphatic carbocycles. The van der Waals surface area contributed by atoms with Gasteiger partial charge in [0.15, 0.2) is 0 Å². The molecule has 0 aromatic heterocycles. The van der Waals surface area contributed by atoms with Crippen molar-refractivity contribution in [2.24, 2.45) is 11.3 Å². The monoisotopic (exact) mass is 158 g/mol. The molecule has 0 unspecified atom stereocenters. The van der Waals surface area contributed by atoms with E-state index in [2.05, 4.69) is 34.6 Å². The fourth-order valence-corrected chi connectivity index (χ4v) is 0.722. The van der Waals surface area contributed by atoms with E-state index < -0.39 is 0 Å². The van der Waals surface area contributed by atoms with Crippen LogP contribution in [-0.2, 0) is 0 Å². The Balaban J connectivity index is 0. The van der Waals surface area contributed by atoms with E-state index in [9.17, 15) is 0 Å². The molecule has 11 heavy (non-hydrogen) atoms. The molecule has 0 saturated carbocycles. The number of hydrogen-bond donors (Lipinski definition) is 0. The normalized spacial score (nSPS) is 10.9. The standard InChI is InChI=1S/C9H20.C2H6/c1-8(2)6-7-9(3,4)5;1-2/h8H,6-7H2,1-5H3;1-2H3. The molecule has 0 aliphatic heterocycles. The summed E-state index contributed by atoms with van der Waals surface area (Å²) in [7, 11) is 0. The Hall–Kier alpha value is 0. The van der Waals surface area contributed by atoms with Crippen LogP contribution in [0.4, 0.5) is 0 Å². The first kappa shape index (κ1) is 13.6. The predicted octanol–water partition coefficient (Wildman–Crippen LogP) is 4.49. The summed E-state index contributed by atoms with van der Waals surface area (Å²) in [4.78, 5) is 0. The molecule has 0 spiro atoms. The van der Waals surface area contributed by atoms with E-state index in [4.69, 9.17) is 0 Å². The molecule has 0 rings (SSSR count). The summed E-state index contributed by atoms with van der Waals surface area (Å²) in [5.74, 6) is 0.865. The molecular weight excluding hydrogens is 132 g/mol. The SMILES string of the molecule is CC.CC(C)CCC(C)(C)C. The Morgan fingerprint density at radius 1 is 1.00 bits per heavy atom. The van der Waals surface area contributed by atoms with E-state index in [1.807, 2.05) is 13.8 Å². The Bertz CT molecular complexity index is 64.6. The number of hydrogen-bond acceptors (Lipinski definition) is 0. The van der Waals surface area contributed by atoms with Crippen LogP contribution in [0.3, 0.4) is 0 Å². The second-order valence-corrected chi connectivity index (χ2v) is 4.49. The second kappa shape index (κ2) is 6.69. The first-order chi connectivity index (χ1) is 4.92. The van der Waals surface area contributed by atoms with Gasteiger partial charge in [0, 0.05) is 0 Å². The average molecular weight is 158 g/mol. The first-order valence-electron chi connectivity index (χ1n) is 4.92. The van der Waals surface area contributed by atoms with E-state index in [0.29, 0.717) is 5.41 Å². The fraction of sp³-hybridized carbons (Fsp3) is 1.00. The van der Waals surface area contributed by atoms with Gasteiger partial charge in [0.1, 0.15) is 0 Å². The van der Waals surface area contributed by atoms with Gasteiger partial charge in [0.25, 0.3) is 0 Å². The third-order valence-corrected chi connectivity index (χ3v) is 1.47. The van der Waals surface area contributed by atoms with Gasteiger partial charge in [-0.25, -0.2) is 0 Å². The maximum Gasteiger partial charge on any atom is -0.0383 e. The lowest BCUT2D eigenvalue weighted by atomic mass is 9.88. The highest BCUT2D eigenvalue weighted by atomic mass is 14.2. The van der Waals surface area contributed by atoms with Gasteiger partial charge in [-0.2, -0.15) is 0 Å². The third kappa shape index (κ3) is 17.8. The van der Waals surface area contributed by atoms with Crippen LogP contribution in [0.25, 0.3) is 0 Å². The van der Waals surface area contributed by atoms with Crippen LogP contribution in [0.5, 0.6) is 0 Å². The van der Waals surface area contributed by atoms with Gasteiger partial charge >= 0.3 is 0 Å². The summed E-state index contributed by atoms with van der Waals surface area (Å²) < 4.78 is 0. The summed E-state index contributed by atoms with van der Waals surface area (Å²) in [5, 5.41) is 0. The molecule has 0 amide bonds. The smallest absolute Gasteiger partial charge is 0.0383 e. The molecule has 0 nitrogen and oxygen atoms in total. The lowest BCUT2D eigenvalue weighted by Gasteiger charge is -2.18. The third-order valence-electron chi connectivity index (χ3n) is 1.47. The van der Waals surface area contributed by atoms with Crippen molar-refractivity contribution < 1.29 is 0 Å². The fourth-order valence-electron chi connectivity index (χ4n) is 0.722. The van der Waals surface area contributed by atoms with Gasteiger partial charge in [0.05, 0.1) is 0 Å². The van der Waals surface area contributed by atoms with Crippen molar-refractivity contribution in [3.63, 3.8) is 0 Å². The van der Waals surface area contributed by atoms with Crippen molar-refractivity contribution in [3.05, 3.63) is 0 Å². The minimum atomic E-state index is 0.532. The molecule has 0 bridgehead atoms. The van der Waals surface area contributed by atoms with Crippen molar-refractivity contribution in [1.29, 1.82) is 0 Å². The minimum absolute atomic E-state index is 0.532. The predicted molar refractivity (Wildman–Crippen MR) is 54.9 cm³/mol. The van der Waals surface area contributed by atoms with Crippen LogP contribution in [-0.4, -0.2) is 0 Å². The van der Waals surface area contributed by atoms with Gasteiger partial charge in [-0.05, 0) is 17.8 Å². The zero-order chi connectivity index (χ0) is 9.49. The van der Waals surface area contributed by atoms with Crippen molar-refractivity contribution >= 4 is 0 Å². The van der Waals surface area contributed by atoms with E-state index >= 15 is 0 Å². The highest BCUT2D eigenvalue weighted by Gasteiger charge is 2.09. The summed E-state index contributed by atoms with van der Waals surface area (Å²) in [5.41, 5.74) is 0.532. The van der Waals surface area contributed by atoms with Crippen LogP contribution in [0.15, 0.2) is 0 Å². The molecule has 0 atom stereocenters. The van der Waals surface area contributed by atoms with Gasteiger partial charge in [-0.15, -0.1) is 0 Å². The molecule has 0 aromatic rings. The van der Waals surface area contributed by atoms with Crippen LogP contribution in [0.1, 0.15) is 61.3 Å². The molecule has 0 saturated heterocycles. The molecule has 0 fully saturated rings. The van der Waals surface area contributed by atoms with Crippen LogP contribution in [0, 0.1) is 11.3 Å². The van der Waals surface area contributed by atoms with Crippen LogP contribution < -0.4 is 0 Å². The van der Waals surface area contributed by atoms with Gasteiger partial charge in [0.2, 0.25) is 0 Å². The minimum Gasteiger partial charge on any atom is -0.0683 e. The van der Waals surface area contributed by atoms with Crippen LogP contribution >= 0.6 is 0 Å². The van der Waals surface area contributed by atoms with E-state index in [0.717, 1.165) is 5.92 Å². The van der Waals surface area contributed by atoms with Crippen LogP contribution in [0.2, 0.25) is 0 Å². The van der Waals surface area contributed by atoms with Gasteiger partial charge < -0.3 is 0 Å². The summed E-state index contributed by atoms with van der Waals surface area (Å²) in [6, 6.07) is 0. The summed E-state index contributed by atoms with van der Waals surface area (Å²) >= 11 is 0. The van der Waals surface area contributed by atoms with Crippen molar-refractivity contribution in [2.75, 3.05) is 0 Å². The topological polar surface area (TPSA) is 0 Å². The van der Waals surface area contributed by atoms with Crippen molar-refractivity contribution in [3.8, 4) is 0 Å². The molecule has 0 heterocycles. The van der Waals surface area contributed by atoms with E-state index in [-0.39, 0.29) is 0 Å². The molecule has 0 radical (unpaired) electrons. The maximum absolute atomic E-state index is 2.30. The molecular formula is C11H26. The summed E-state index contributed by atoms with van der Waals surface area (Å²) in [6.45, 7) is 15.5. The lowest BCUT2D eigenvalue weighted by molar-refractivity contribution is 0.338. The summed E-state index contributed by atoms with van der Waals surface area (Å²) in [6.07, 6.45) is 2.72. The second-order valence-electron chi connectivity index (χ2n) is 4.49.